The van der Waals surface area contributed by atoms with Gasteiger partial charge in [0, 0.05) is 55.5 Å². The zero-order chi connectivity index (χ0) is 24.3. The summed E-state index contributed by atoms with van der Waals surface area (Å²) >= 11 is 0. The van der Waals surface area contributed by atoms with Crippen LogP contribution in [0, 0.1) is 0 Å². The van der Waals surface area contributed by atoms with Gasteiger partial charge < -0.3 is 20.4 Å². The van der Waals surface area contributed by atoms with Gasteiger partial charge in [-0.15, -0.1) is 0 Å². The predicted octanol–water partition coefficient (Wildman–Crippen LogP) is 3.53. The molecule has 0 radical (unpaired) electrons. The summed E-state index contributed by atoms with van der Waals surface area (Å²) < 4.78 is 7.44. The van der Waals surface area contributed by atoms with Crippen molar-refractivity contribution in [3.8, 4) is 11.1 Å². The fourth-order valence-corrected chi connectivity index (χ4v) is 4.08. The van der Waals surface area contributed by atoms with Crippen LogP contribution in [0.15, 0.2) is 61.3 Å². The van der Waals surface area contributed by atoms with Crippen molar-refractivity contribution >= 4 is 28.7 Å². The number of nitrogens with zero attached hydrogens (tertiary/aromatic N) is 4. The van der Waals surface area contributed by atoms with Crippen LogP contribution in [0.3, 0.4) is 0 Å². The van der Waals surface area contributed by atoms with Crippen LogP contribution in [0.5, 0.6) is 0 Å². The Labute approximate surface area is 196 Å². The minimum absolute atomic E-state index is 0.356. The van der Waals surface area contributed by atoms with E-state index in [0.29, 0.717) is 29.1 Å². The first-order valence-corrected chi connectivity index (χ1v) is 10.7. The molecule has 0 aliphatic carbocycles. The largest absolute Gasteiger partial charge is 0.430 e. The van der Waals surface area contributed by atoms with Crippen LogP contribution in [0.1, 0.15) is 25.2 Å². The van der Waals surface area contributed by atoms with Gasteiger partial charge in [-0.1, -0.05) is 12.1 Å². The number of aromatic nitrogens is 4. The molecule has 4 rings (SSSR count). The first-order valence-electron chi connectivity index (χ1n) is 10.7. The monoisotopic (exact) mass is 459 g/mol. The maximum atomic E-state index is 12.1. The number of amides is 3. The molecule has 1 atom stereocenters. The second kappa shape index (κ2) is 9.18. The van der Waals surface area contributed by atoms with Gasteiger partial charge >= 0.3 is 12.1 Å². The van der Waals surface area contributed by atoms with E-state index in [2.05, 4.69) is 25.6 Å². The Hall–Kier alpha value is -4.47. The SMILES string of the molecule is CCNC(=O)Nc1cc2c(-c3ccncc3)ccc(C(C)(OC(N)=O)c3nccn3C)c2cn1. The third-order valence-electron chi connectivity index (χ3n) is 5.54. The summed E-state index contributed by atoms with van der Waals surface area (Å²) in [7, 11) is 1.81. The van der Waals surface area contributed by atoms with Gasteiger partial charge in [0.15, 0.2) is 11.4 Å². The molecular formula is C24H25N7O3. The zero-order valence-electron chi connectivity index (χ0n) is 19.1. The normalized spacial score (nSPS) is 12.7. The van der Waals surface area contributed by atoms with Gasteiger partial charge in [0.25, 0.3) is 0 Å². The number of pyridine rings is 2. The highest BCUT2D eigenvalue weighted by Gasteiger charge is 2.38. The van der Waals surface area contributed by atoms with E-state index in [9.17, 15) is 9.59 Å². The highest BCUT2D eigenvalue weighted by Crippen LogP contribution is 2.40. The number of ether oxygens (including phenoxy) is 1. The molecule has 0 aliphatic heterocycles. The quantitative estimate of drug-likeness (QED) is 0.403. The second-order valence-electron chi connectivity index (χ2n) is 7.81. The number of carbonyl (C=O) groups is 2. The predicted molar refractivity (Wildman–Crippen MR) is 128 cm³/mol. The summed E-state index contributed by atoms with van der Waals surface area (Å²) in [6, 6.07) is 9.01. The van der Waals surface area contributed by atoms with Crippen molar-refractivity contribution in [3.05, 3.63) is 72.7 Å². The molecule has 10 nitrogen and oxygen atoms in total. The lowest BCUT2D eigenvalue weighted by Crippen LogP contribution is -2.35. The number of nitrogens with one attached hydrogen (secondary N) is 2. The maximum Gasteiger partial charge on any atom is 0.405 e. The molecule has 0 spiro atoms. The minimum Gasteiger partial charge on any atom is -0.430 e. The molecule has 0 bridgehead atoms. The number of imidazole rings is 1. The number of fused-ring (bicyclic) bond motifs is 1. The summed E-state index contributed by atoms with van der Waals surface area (Å²) in [6.45, 7) is 4.05. The van der Waals surface area contributed by atoms with Gasteiger partial charge in [-0.2, -0.15) is 0 Å². The Kier molecular flexibility index (Phi) is 6.13. The van der Waals surface area contributed by atoms with Crippen molar-refractivity contribution in [3.63, 3.8) is 0 Å². The number of urea groups is 1. The van der Waals surface area contributed by atoms with Crippen molar-refractivity contribution in [1.82, 2.24) is 24.8 Å². The van der Waals surface area contributed by atoms with E-state index in [1.54, 1.807) is 48.5 Å². The minimum atomic E-state index is -1.30. The second-order valence-corrected chi connectivity index (χ2v) is 7.81. The van der Waals surface area contributed by atoms with E-state index < -0.39 is 11.7 Å². The van der Waals surface area contributed by atoms with Crippen LogP contribution in [0.25, 0.3) is 21.9 Å². The number of aryl methyl sites for hydroxylation is 1. The van der Waals surface area contributed by atoms with Gasteiger partial charge in [-0.3, -0.25) is 10.3 Å². The molecule has 3 heterocycles. The Morgan fingerprint density at radius 2 is 1.88 bits per heavy atom. The molecular weight excluding hydrogens is 434 g/mol. The van der Waals surface area contributed by atoms with E-state index in [-0.39, 0.29) is 6.03 Å². The average Bonchev–Trinajstić information content (AvgIpc) is 3.25. The van der Waals surface area contributed by atoms with E-state index >= 15 is 0 Å². The number of carbonyl (C=O) groups excluding carboxylic acids is 2. The van der Waals surface area contributed by atoms with Gasteiger partial charge in [-0.25, -0.2) is 19.6 Å². The molecule has 4 N–H and O–H groups in total. The number of hydrogen-bond acceptors (Lipinski definition) is 6. The Morgan fingerprint density at radius 1 is 1.12 bits per heavy atom. The number of primary amides is 1. The number of hydrogen-bond donors (Lipinski definition) is 3. The standard InChI is InChI=1S/C24H25N7O3/c1-4-27-23(33)30-20-13-17-16(15-7-9-26-10-8-15)5-6-19(18(17)14-29-20)24(2,34-22(25)32)21-28-11-12-31(21)3/h5-14H,4H2,1-3H3,(H2,25,32)(H2,27,29,30,33). The van der Waals surface area contributed by atoms with Crippen LogP contribution in [-0.4, -0.2) is 38.2 Å². The van der Waals surface area contributed by atoms with Crippen molar-refractivity contribution in [2.45, 2.75) is 19.4 Å². The van der Waals surface area contributed by atoms with E-state index in [1.165, 1.54) is 0 Å². The lowest BCUT2D eigenvalue weighted by Gasteiger charge is -2.30. The van der Waals surface area contributed by atoms with E-state index in [4.69, 9.17) is 10.5 Å². The first kappa shape index (κ1) is 22.7. The third kappa shape index (κ3) is 4.25. The summed E-state index contributed by atoms with van der Waals surface area (Å²) in [4.78, 5) is 37.0. The topological polar surface area (TPSA) is 137 Å². The van der Waals surface area contributed by atoms with E-state index in [0.717, 1.165) is 16.5 Å². The van der Waals surface area contributed by atoms with Crippen molar-refractivity contribution in [1.29, 1.82) is 0 Å². The van der Waals surface area contributed by atoms with Gasteiger partial charge in [0.05, 0.1) is 0 Å². The zero-order valence-corrected chi connectivity index (χ0v) is 19.1. The Balaban J connectivity index is 1.97. The lowest BCUT2D eigenvalue weighted by atomic mass is 9.87. The summed E-state index contributed by atoms with van der Waals surface area (Å²) in [5.41, 5.74) is 6.64. The van der Waals surface area contributed by atoms with Crippen molar-refractivity contribution in [2.24, 2.45) is 12.8 Å². The summed E-state index contributed by atoms with van der Waals surface area (Å²) in [5.74, 6) is 0.870. The van der Waals surface area contributed by atoms with Gasteiger partial charge in [0.1, 0.15) is 5.82 Å². The first-order chi connectivity index (χ1) is 16.3. The number of nitrogens with two attached hydrogens (primary N) is 1. The molecule has 1 aromatic carbocycles. The molecule has 174 valence electrons. The molecule has 34 heavy (non-hydrogen) atoms. The Bertz CT molecular complexity index is 1350. The lowest BCUT2D eigenvalue weighted by molar-refractivity contribution is 0.0522. The van der Waals surface area contributed by atoms with Crippen LogP contribution in [0.4, 0.5) is 15.4 Å². The van der Waals surface area contributed by atoms with Crippen LogP contribution in [-0.2, 0) is 17.4 Å². The molecule has 10 heteroatoms. The molecule has 0 fully saturated rings. The average molecular weight is 460 g/mol. The molecule has 3 amide bonds. The van der Waals surface area contributed by atoms with Crippen LogP contribution >= 0.6 is 0 Å². The smallest absolute Gasteiger partial charge is 0.405 e. The van der Waals surface area contributed by atoms with Crippen LogP contribution < -0.4 is 16.4 Å². The third-order valence-corrected chi connectivity index (χ3v) is 5.54. The van der Waals surface area contributed by atoms with Crippen LogP contribution in [0.2, 0.25) is 0 Å². The number of benzene rings is 1. The van der Waals surface area contributed by atoms with Gasteiger partial charge in [0.2, 0.25) is 0 Å². The summed E-state index contributed by atoms with van der Waals surface area (Å²) in [6.07, 6.45) is 7.51. The fraction of sp³-hybridized carbons (Fsp3) is 0.208. The number of anilines is 1. The molecule has 1 unspecified atom stereocenters. The maximum absolute atomic E-state index is 12.1. The van der Waals surface area contributed by atoms with Crippen molar-refractivity contribution in [2.75, 3.05) is 11.9 Å². The fourth-order valence-electron chi connectivity index (χ4n) is 4.08. The highest BCUT2D eigenvalue weighted by atomic mass is 16.6. The van der Waals surface area contributed by atoms with Gasteiger partial charge in [-0.05, 0) is 48.6 Å². The van der Waals surface area contributed by atoms with Crippen molar-refractivity contribution < 1.29 is 14.3 Å². The highest BCUT2D eigenvalue weighted by molar-refractivity contribution is 6.01. The summed E-state index contributed by atoms with van der Waals surface area (Å²) in [5, 5.41) is 6.94. The Morgan fingerprint density at radius 3 is 2.53 bits per heavy atom. The molecule has 0 saturated carbocycles. The molecule has 0 aliphatic rings. The number of rotatable bonds is 6. The van der Waals surface area contributed by atoms with E-state index in [1.807, 2.05) is 38.2 Å². The molecule has 4 aromatic rings. The molecule has 3 aromatic heterocycles. The molecule has 0 saturated heterocycles.